The minimum absolute atomic E-state index is 0.330. The van der Waals surface area contributed by atoms with Gasteiger partial charge in [0.25, 0.3) is 0 Å². The number of amides is 2. The summed E-state index contributed by atoms with van der Waals surface area (Å²) in [5.74, 6) is 0. The lowest BCUT2D eigenvalue weighted by molar-refractivity contribution is 0.246. The highest BCUT2D eigenvalue weighted by molar-refractivity contribution is 5.78. The standard InChI is InChI=1S/C16H20N2O/c1-5-9-12-14(8-4)17-16(19)18-15(11-7-3)13-10-6-2/h5-13H,1-3H2,4H3,(H2,17,18,19)/b12-9-,13-10-,14-8+,15-11+. The lowest BCUT2D eigenvalue weighted by Gasteiger charge is -2.08. The molecule has 0 saturated carbocycles. The topological polar surface area (TPSA) is 41.1 Å². The molecule has 0 aromatic carbocycles. The maximum Gasteiger partial charge on any atom is 0.323 e. The monoisotopic (exact) mass is 256 g/mol. The van der Waals surface area contributed by atoms with Gasteiger partial charge in [0, 0.05) is 11.4 Å². The van der Waals surface area contributed by atoms with Gasteiger partial charge in [-0.05, 0) is 25.2 Å². The van der Waals surface area contributed by atoms with E-state index in [9.17, 15) is 4.79 Å². The summed E-state index contributed by atoms with van der Waals surface area (Å²) in [6.45, 7) is 12.6. The van der Waals surface area contributed by atoms with Crippen LogP contribution >= 0.6 is 0 Å². The van der Waals surface area contributed by atoms with Crippen molar-refractivity contribution in [1.82, 2.24) is 10.6 Å². The summed E-state index contributed by atoms with van der Waals surface area (Å²) < 4.78 is 0. The predicted molar refractivity (Wildman–Crippen MR) is 82.4 cm³/mol. The van der Waals surface area contributed by atoms with Crippen LogP contribution < -0.4 is 10.6 Å². The zero-order valence-corrected chi connectivity index (χ0v) is 11.2. The molecule has 0 aromatic heterocycles. The SMILES string of the molecule is C=C/C=C\C(=C/C)NC(=O)NC(/C=C\C=C)=C/C=C. The van der Waals surface area contributed by atoms with Crippen LogP contribution in [0.4, 0.5) is 4.79 Å². The van der Waals surface area contributed by atoms with Crippen LogP contribution in [0.3, 0.4) is 0 Å². The van der Waals surface area contributed by atoms with Crippen LogP contribution in [0.2, 0.25) is 0 Å². The molecule has 100 valence electrons. The summed E-state index contributed by atoms with van der Waals surface area (Å²) >= 11 is 0. The average Bonchev–Trinajstić information content (AvgIpc) is 2.40. The summed E-state index contributed by atoms with van der Waals surface area (Å²) in [4.78, 5) is 11.8. The number of rotatable bonds is 7. The normalized spacial score (nSPS) is 12.5. The Morgan fingerprint density at radius 3 is 1.89 bits per heavy atom. The molecule has 0 spiro atoms. The van der Waals surface area contributed by atoms with Gasteiger partial charge in [-0.1, -0.05) is 56.2 Å². The third-order valence-corrected chi connectivity index (χ3v) is 1.95. The van der Waals surface area contributed by atoms with E-state index in [0.717, 1.165) is 0 Å². The number of hydrogen-bond donors (Lipinski definition) is 2. The van der Waals surface area contributed by atoms with E-state index in [1.807, 2.05) is 6.92 Å². The van der Waals surface area contributed by atoms with Gasteiger partial charge in [0.05, 0.1) is 0 Å². The van der Waals surface area contributed by atoms with E-state index in [-0.39, 0.29) is 6.03 Å². The maximum absolute atomic E-state index is 11.8. The molecule has 3 nitrogen and oxygen atoms in total. The lowest BCUT2D eigenvalue weighted by atomic mass is 10.3. The molecule has 0 unspecified atom stereocenters. The van der Waals surface area contributed by atoms with Crippen LogP contribution in [0, 0.1) is 0 Å². The Bertz CT molecular complexity index is 451. The van der Waals surface area contributed by atoms with Gasteiger partial charge in [-0.15, -0.1) is 0 Å². The highest BCUT2D eigenvalue weighted by Crippen LogP contribution is 1.96. The number of urea groups is 1. The van der Waals surface area contributed by atoms with Crippen molar-refractivity contribution in [3.05, 3.63) is 85.8 Å². The van der Waals surface area contributed by atoms with Gasteiger partial charge in [0.1, 0.15) is 0 Å². The Labute approximate surface area is 115 Å². The number of allylic oxidation sites excluding steroid dienone is 9. The van der Waals surface area contributed by atoms with Gasteiger partial charge in [0.2, 0.25) is 0 Å². The Morgan fingerprint density at radius 1 is 0.895 bits per heavy atom. The minimum Gasteiger partial charge on any atom is -0.308 e. The second kappa shape index (κ2) is 10.6. The fourth-order valence-electron chi connectivity index (χ4n) is 1.11. The molecule has 0 radical (unpaired) electrons. The van der Waals surface area contributed by atoms with E-state index in [2.05, 4.69) is 30.4 Å². The fraction of sp³-hybridized carbons (Fsp3) is 0.0625. The lowest BCUT2D eigenvalue weighted by Crippen LogP contribution is -2.33. The summed E-state index contributed by atoms with van der Waals surface area (Å²) in [7, 11) is 0. The minimum atomic E-state index is -0.330. The molecule has 2 amide bonds. The van der Waals surface area contributed by atoms with Crippen molar-refractivity contribution in [2.24, 2.45) is 0 Å². The van der Waals surface area contributed by atoms with Gasteiger partial charge in [-0.3, -0.25) is 0 Å². The van der Waals surface area contributed by atoms with E-state index in [1.54, 1.807) is 54.7 Å². The highest BCUT2D eigenvalue weighted by atomic mass is 16.2. The number of nitrogens with one attached hydrogen (secondary N) is 2. The second-order valence-electron chi connectivity index (χ2n) is 3.37. The van der Waals surface area contributed by atoms with Crippen molar-refractivity contribution in [3.63, 3.8) is 0 Å². The van der Waals surface area contributed by atoms with Gasteiger partial charge in [0.15, 0.2) is 0 Å². The molecule has 0 aromatic rings. The molecule has 0 aliphatic rings. The van der Waals surface area contributed by atoms with Crippen molar-refractivity contribution in [3.8, 4) is 0 Å². The number of hydrogen-bond acceptors (Lipinski definition) is 1. The van der Waals surface area contributed by atoms with Crippen LogP contribution in [0.25, 0.3) is 0 Å². The van der Waals surface area contributed by atoms with Gasteiger partial charge < -0.3 is 10.6 Å². The maximum atomic E-state index is 11.8. The molecule has 0 bridgehead atoms. The van der Waals surface area contributed by atoms with Crippen LogP contribution in [0.5, 0.6) is 0 Å². The van der Waals surface area contributed by atoms with E-state index in [1.165, 1.54) is 0 Å². The van der Waals surface area contributed by atoms with Crippen molar-refractivity contribution < 1.29 is 4.79 Å². The summed E-state index contributed by atoms with van der Waals surface area (Å²) in [6.07, 6.45) is 15.3. The Morgan fingerprint density at radius 2 is 1.42 bits per heavy atom. The van der Waals surface area contributed by atoms with E-state index >= 15 is 0 Å². The third-order valence-electron chi connectivity index (χ3n) is 1.95. The van der Waals surface area contributed by atoms with Gasteiger partial charge in [-0.25, -0.2) is 4.79 Å². The molecular weight excluding hydrogens is 236 g/mol. The number of carbonyl (C=O) groups is 1. The summed E-state index contributed by atoms with van der Waals surface area (Å²) in [5.41, 5.74) is 1.30. The molecule has 19 heavy (non-hydrogen) atoms. The molecule has 0 saturated heterocycles. The zero-order chi connectivity index (χ0) is 14.5. The van der Waals surface area contributed by atoms with Crippen molar-refractivity contribution in [2.45, 2.75) is 6.92 Å². The molecule has 0 atom stereocenters. The van der Waals surface area contributed by atoms with Crippen LogP contribution in [-0.2, 0) is 0 Å². The third kappa shape index (κ3) is 8.21. The second-order valence-corrected chi connectivity index (χ2v) is 3.37. The first-order chi connectivity index (χ1) is 9.17. The molecule has 0 heterocycles. The molecule has 0 aliphatic carbocycles. The van der Waals surface area contributed by atoms with Crippen LogP contribution in [-0.4, -0.2) is 6.03 Å². The molecule has 0 rings (SSSR count). The molecule has 0 fully saturated rings. The zero-order valence-electron chi connectivity index (χ0n) is 11.2. The molecular formula is C16H20N2O. The first kappa shape index (κ1) is 16.5. The molecule has 0 aliphatic heterocycles. The predicted octanol–water partition coefficient (Wildman–Crippen LogP) is 3.74. The van der Waals surface area contributed by atoms with Crippen LogP contribution in [0.15, 0.2) is 85.8 Å². The quantitative estimate of drug-likeness (QED) is 0.669. The van der Waals surface area contributed by atoms with Gasteiger partial charge >= 0.3 is 6.03 Å². The molecule has 2 N–H and O–H groups in total. The van der Waals surface area contributed by atoms with E-state index in [0.29, 0.717) is 11.4 Å². The average molecular weight is 256 g/mol. The molecule has 3 heteroatoms. The van der Waals surface area contributed by atoms with E-state index in [4.69, 9.17) is 0 Å². The Kier molecular flexibility index (Phi) is 9.17. The van der Waals surface area contributed by atoms with Gasteiger partial charge in [-0.2, -0.15) is 0 Å². The first-order valence-corrected chi connectivity index (χ1v) is 5.83. The van der Waals surface area contributed by atoms with Crippen molar-refractivity contribution in [2.75, 3.05) is 0 Å². The summed E-state index contributed by atoms with van der Waals surface area (Å²) in [5, 5.41) is 5.41. The Balaban J connectivity index is 4.65. The number of carbonyl (C=O) groups excluding carboxylic acids is 1. The fourth-order valence-corrected chi connectivity index (χ4v) is 1.11. The Hall–Kier alpha value is -2.55. The smallest absolute Gasteiger partial charge is 0.308 e. The van der Waals surface area contributed by atoms with Crippen molar-refractivity contribution >= 4 is 6.03 Å². The highest BCUT2D eigenvalue weighted by Gasteiger charge is 2.01. The largest absolute Gasteiger partial charge is 0.323 e. The van der Waals surface area contributed by atoms with Crippen molar-refractivity contribution in [1.29, 1.82) is 0 Å². The first-order valence-electron chi connectivity index (χ1n) is 5.83. The summed E-state index contributed by atoms with van der Waals surface area (Å²) in [6, 6.07) is -0.330. The van der Waals surface area contributed by atoms with Crippen LogP contribution in [0.1, 0.15) is 6.92 Å². The van der Waals surface area contributed by atoms with E-state index < -0.39 is 0 Å².